The fourth-order valence-corrected chi connectivity index (χ4v) is 4.24. The van der Waals surface area contributed by atoms with Crippen LogP contribution in [-0.4, -0.2) is 65.2 Å². The number of amides is 1. The van der Waals surface area contributed by atoms with Gasteiger partial charge in [-0.25, -0.2) is 0 Å². The van der Waals surface area contributed by atoms with Gasteiger partial charge in [-0.1, -0.05) is 75.4 Å². The predicted molar refractivity (Wildman–Crippen MR) is 139 cm³/mol. The third-order valence-electron chi connectivity index (χ3n) is 6.32. The average Bonchev–Trinajstić information content (AvgIpc) is 2.76. The molecule has 1 unspecified atom stereocenters. The van der Waals surface area contributed by atoms with Crippen LogP contribution in [0, 0.1) is 0 Å². The molecule has 182 valence electrons. The number of rotatable bonds is 12. The van der Waals surface area contributed by atoms with Gasteiger partial charge >= 0.3 is 0 Å². The number of benzene rings is 2. The molecule has 0 spiro atoms. The van der Waals surface area contributed by atoms with E-state index in [0.717, 1.165) is 39.0 Å². The summed E-state index contributed by atoms with van der Waals surface area (Å²) in [6.07, 6.45) is 2.60. The third-order valence-corrected chi connectivity index (χ3v) is 6.32. The normalized spacial score (nSPS) is 12.9. The van der Waals surface area contributed by atoms with Crippen molar-refractivity contribution in [3.63, 3.8) is 0 Å². The van der Waals surface area contributed by atoms with E-state index in [4.69, 9.17) is 0 Å². The first kappa shape index (κ1) is 27.1. The van der Waals surface area contributed by atoms with Crippen LogP contribution in [0.3, 0.4) is 0 Å². The molecule has 4 heteroatoms. The summed E-state index contributed by atoms with van der Waals surface area (Å²) in [5, 5.41) is 0. The van der Waals surface area contributed by atoms with Gasteiger partial charge in [-0.05, 0) is 22.1 Å². The van der Waals surface area contributed by atoms with Crippen LogP contribution in [0.4, 0.5) is 0 Å². The molecule has 0 aromatic heterocycles. The molecule has 33 heavy (non-hydrogen) atoms. The van der Waals surface area contributed by atoms with Crippen LogP contribution in [0.5, 0.6) is 0 Å². The molecular formula is C29H47N3O+2. The van der Waals surface area contributed by atoms with Gasteiger partial charge in [-0.2, -0.15) is 0 Å². The molecule has 0 fully saturated rings. The summed E-state index contributed by atoms with van der Waals surface area (Å²) in [5.41, 5.74) is 3.88. The summed E-state index contributed by atoms with van der Waals surface area (Å²) in [4.78, 5) is 18.6. The molecule has 4 nitrogen and oxygen atoms in total. The zero-order valence-corrected chi connectivity index (χ0v) is 22.1. The number of carbonyl (C=O) groups is 1. The Morgan fingerprint density at radius 2 is 1.27 bits per heavy atom. The molecule has 0 aliphatic rings. The van der Waals surface area contributed by atoms with Crippen molar-refractivity contribution < 1.29 is 14.6 Å². The topological polar surface area (TPSA) is 29.2 Å². The SMILES string of the molecule is C[NH+](C)CCCN(CCC[NH+](C)C)C(=O)CC(c1ccccc1)c1ccc(C(C)(C)C)cc1. The Bertz CT molecular complexity index is 808. The van der Waals surface area contributed by atoms with Gasteiger partial charge in [0.15, 0.2) is 0 Å². The van der Waals surface area contributed by atoms with Crippen LogP contribution in [-0.2, 0) is 10.2 Å². The molecular weight excluding hydrogens is 406 g/mol. The highest BCUT2D eigenvalue weighted by Crippen LogP contribution is 2.31. The van der Waals surface area contributed by atoms with E-state index < -0.39 is 0 Å². The second-order valence-electron chi connectivity index (χ2n) is 11.0. The minimum atomic E-state index is 0.0779. The van der Waals surface area contributed by atoms with Crippen LogP contribution in [0.1, 0.15) is 62.6 Å². The molecule has 2 aromatic rings. The number of quaternary nitrogens is 2. The minimum Gasteiger partial charge on any atom is -0.342 e. The quantitative estimate of drug-likeness (QED) is 0.508. The zero-order chi connectivity index (χ0) is 24.4. The fourth-order valence-electron chi connectivity index (χ4n) is 4.24. The summed E-state index contributed by atoms with van der Waals surface area (Å²) in [6, 6.07) is 19.4. The van der Waals surface area contributed by atoms with Crippen LogP contribution < -0.4 is 9.80 Å². The summed E-state index contributed by atoms with van der Waals surface area (Å²) in [5.74, 6) is 0.348. The summed E-state index contributed by atoms with van der Waals surface area (Å²) < 4.78 is 0. The van der Waals surface area contributed by atoms with Gasteiger partial charge in [0.2, 0.25) is 5.91 Å². The molecule has 2 aromatic carbocycles. The molecule has 2 N–H and O–H groups in total. The molecule has 0 saturated heterocycles. The Hall–Kier alpha value is -2.17. The first-order valence-electron chi connectivity index (χ1n) is 12.6. The van der Waals surface area contributed by atoms with Crippen molar-refractivity contribution in [1.82, 2.24) is 4.90 Å². The summed E-state index contributed by atoms with van der Waals surface area (Å²) in [7, 11) is 8.70. The highest BCUT2D eigenvalue weighted by Gasteiger charge is 2.23. The lowest BCUT2D eigenvalue weighted by Crippen LogP contribution is -3.05. The van der Waals surface area contributed by atoms with Gasteiger partial charge < -0.3 is 14.7 Å². The molecule has 0 aliphatic carbocycles. The van der Waals surface area contributed by atoms with Crippen molar-refractivity contribution in [3.8, 4) is 0 Å². The first-order chi connectivity index (χ1) is 15.6. The largest absolute Gasteiger partial charge is 0.342 e. The molecule has 0 saturated carbocycles. The maximum atomic E-state index is 13.6. The van der Waals surface area contributed by atoms with E-state index in [1.807, 2.05) is 6.07 Å². The van der Waals surface area contributed by atoms with Crippen molar-refractivity contribution in [2.45, 2.75) is 51.4 Å². The van der Waals surface area contributed by atoms with Crippen molar-refractivity contribution in [1.29, 1.82) is 0 Å². The molecule has 2 rings (SSSR count). The van der Waals surface area contributed by atoms with Gasteiger partial charge in [0.05, 0.1) is 41.3 Å². The highest BCUT2D eigenvalue weighted by molar-refractivity contribution is 5.77. The standard InChI is InChI=1S/C29H45N3O/c1-29(2,3)26-17-15-25(16-18-26)27(24-13-9-8-10-14-24)23-28(33)32(21-11-19-30(4)5)22-12-20-31(6)7/h8-10,13-18,27H,11-12,19-23H2,1-7H3/p+2. The van der Waals surface area contributed by atoms with Crippen LogP contribution >= 0.6 is 0 Å². The van der Waals surface area contributed by atoms with Crippen LogP contribution in [0.15, 0.2) is 54.6 Å². The predicted octanol–water partition coefficient (Wildman–Crippen LogP) is 2.40. The van der Waals surface area contributed by atoms with Gasteiger partial charge in [0.25, 0.3) is 0 Å². The number of hydrogen-bond acceptors (Lipinski definition) is 1. The van der Waals surface area contributed by atoms with Crippen molar-refractivity contribution in [2.75, 3.05) is 54.4 Å². The Morgan fingerprint density at radius 1 is 0.788 bits per heavy atom. The Morgan fingerprint density at radius 3 is 1.73 bits per heavy atom. The van der Waals surface area contributed by atoms with Gasteiger partial charge in [0, 0.05) is 38.3 Å². The lowest BCUT2D eigenvalue weighted by atomic mass is 9.83. The van der Waals surface area contributed by atoms with Crippen molar-refractivity contribution in [3.05, 3.63) is 71.3 Å². The number of hydrogen-bond donors (Lipinski definition) is 2. The lowest BCUT2D eigenvalue weighted by Gasteiger charge is -2.27. The summed E-state index contributed by atoms with van der Waals surface area (Å²) in [6.45, 7) is 10.6. The number of nitrogens with zero attached hydrogens (tertiary/aromatic N) is 1. The molecule has 0 radical (unpaired) electrons. The van der Waals surface area contributed by atoms with Gasteiger partial charge in [-0.3, -0.25) is 4.79 Å². The van der Waals surface area contributed by atoms with Crippen LogP contribution in [0.2, 0.25) is 0 Å². The first-order valence-corrected chi connectivity index (χ1v) is 12.6. The molecule has 1 atom stereocenters. The average molecular weight is 454 g/mol. The van der Waals surface area contributed by atoms with E-state index in [0.29, 0.717) is 6.42 Å². The van der Waals surface area contributed by atoms with E-state index in [2.05, 4.69) is 102 Å². The minimum absolute atomic E-state index is 0.0779. The molecule has 0 heterocycles. The van der Waals surface area contributed by atoms with Gasteiger partial charge in [0.1, 0.15) is 0 Å². The van der Waals surface area contributed by atoms with E-state index >= 15 is 0 Å². The van der Waals surface area contributed by atoms with E-state index in [1.54, 1.807) is 0 Å². The Labute approximate surface area is 202 Å². The zero-order valence-electron chi connectivity index (χ0n) is 22.1. The molecule has 1 amide bonds. The maximum Gasteiger partial charge on any atom is 0.223 e. The highest BCUT2D eigenvalue weighted by atomic mass is 16.2. The van der Waals surface area contributed by atoms with Crippen molar-refractivity contribution >= 4 is 5.91 Å². The van der Waals surface area contributed by atoms with Crippen molar-refractivity contribution in [2.24, 2.45) is 0 Å². The molecule has 0 aliphatic heterocycles. The Balaban J connectivity index is 2.23. The summed E-state index contributed by atoms with van der Waals surface area (Å²) >= 11 is 0. The van der Waals surface area contributed by atoms with Crippen LogP contribution in [0.25, 0.3) is 0 Å². The number of nitrogens with one attached hydrogen (secondary N) is 2. The molecule has 0 bridgehead atoms. The second-order valence-corrected chi connectivity index (χ2v) is 11.0. The lowest BCUT2D eigenvalue weighted by molar-refractivity contribution is -0.858. The third kappa shape index (κ3) is 9.30. The fraction of sp³-hybridized carbons (Fsp3) is 0.552. The Kier molecular flexibility index (Phi) is 10.6. The second kappa shape index (κ2) is 12.9. The number of carbonyl (C=O) groups excluding carboxylic acids is 1. The van der Waals surface area contributed by atoms with Gasteiger partial charge in [-0.15, -0.1) is 0 Å². The maximum absolute atomic E-state index is 13.6. The van der Waals surface area contributed by atoms with E-state index in [9.17, 15) is 4.79 Å². The monoisotopic (exact) mass is 453 g/mol. The smallest absolute Gasteiger partial charge is 0.223 e. The van der Waals surface area contributed by atoms with E-state index in [-0.39, 0.29) is 17.2 Å². The van der Waals surface area contributed by atoms with E-state index in [1.165, 1.54) is 26.5 Å².